The maximum atomic E-state index is 11.2. The number of Topliss-reactive ketones (excluding diaryl/α,β-unsaturated/α-hetero) is 1. The van der Waals surface area contributed by atoms with Gasteiger partial charge in [-0.15, -0.1) is 0 Å². The Morgan fingerprint density at radius 2 is 1.75 bits per heavy atom. The first kappa shape index (κ1) is 9.76. The smallest absolute Gasteiger partial charge is 0.136 e. The fraction of sp³-hybridized carbons (Fsp3) is 0.909. The van der Waals surface area contributed by atoms with Crippen LogP contribution in [0.1, 0.15) is 52.4 Å². The van der Waals surface area contributed by atoms with Gasteiger partial charge >= 0.3 is 0 Å². The first-order valence-corrected chi connectivity index (χ1v) is 5.40. The summed E-state index contributed by atoms with van der Waals surface area (Å²) in [6.45, 7) is 4.00. The van der Waals surface area contributed by atoms with Crippen LogP contribution in [-0.4, -0.2) is 5.78 Å². The summed E-state index contributed by atoms with van der Waals surface area (Å²) in [6.07, 6.45) is 7.28. The average Bonchev–Trinajstić information content (AvgIpc) is 2.53. The van der Waals surface area contributed by atoms with E-state index in [1.807, 2.05) is 13.8 Å². The highest BCUT2D eigenvalue weighted by molar-refractivity contribution is 5.83. The van der Waals surface area contributed by atoms with Crippen molar-refractivity contribution >= 4 is 5.78 Å². The van der Waals surface area contributed by atoms with Crippen LogP contribution in [0.3, 0.4) is 0 Å². The highest BCUT2D eigenvalue weighted by Crippen LogP contribution is 2.39. The van der Waals surface area contributed by atoms with Crippen LogP contribution in [0.25, 0.3) is 0 Å². The SMILES string of the molecule is CC.O=C1CCC2CCCCC12. The molecule has 1 heteroatoms. The fourth-order valence-electron chi connectivity index (χ4n) is 2.49. The minimum absolute atomic E-state index is 0.494. The molecule has 2 atom stereocenters. The lowest BCUT2D eigenvalue weighted by Crippen LogP contribution is -2.18. The van der Waals surface area contributed by atoms with Crippen LogP contribution in [0.4, 0.5) is 0 Å². The maximum absolute atomic E-state index is 11.2. The van der Waals surface area contributed by atoms with E-state index in [1.54, 1.807) is 0 Å². The molecule has 0 radical (unpaired) electrons. The van der Waals surface area contributed by atoms with Crippen LogP contribution in [0.15, 0.2) is 0 Å². The zero-order valence-electron chi connectivity index (χ0n) is 8.31. The molecular weight excluding hydrogens is 148 g/mol. The second kappa shape index (κ2) is 4.64. The van der Waals surface area contributed by atoms with E-state index < -0.39 is 0 Å². The van der Waals surface area contributed by atoms with Crippen LogP contribution < -0.4 is 0 Å². The summed E-state index contributed by atoms with van der Waals surface area (Å²) in [5.41, 5.74) is 0. The van der Waals surface area contributed by atoms with Gasteiger partial charge in [-0.2, -0.15) is 0 Å². The molecule has 70 valence electrons. The lowest BCUT2D eigenvalue weighted by molar-refractivity contribution is -0.121. The molecule has 0 bridgehead atoms. The van der Waals surface area contributed by atoms with Gasteiger partial charge in [-0.1, -0.05) is 26.7 Å². The molecule has 0 saturated heterocycles. The third kappa shape index (κ3) is 1.88. The quantitative estimate of drug-likeness (QED) is 0.543. The first-order chi connectivity index (χ1) is 5.88. The number of hydrogen-bond acceptors (Lipinski definition) is 1. The van der Waals surface area contributed by atoms with Gasteiger partial charge in [0.2, 0.25) is 0 Å². The van der Waals surface area contributed by atoms with Gasteiger partial charge in [-0.3, -0.25) is 4.79 Å². The molecule has 1 nitrogen and oxygen atoms in total. The Kier molecular flexibility index (Phi) is 3.77. The summed E-state index contributed by atoms with van der Waals surface area (Å²) in [6, 6.07) is 0. The molecule has 2 aliphatic rings. The van der Waals surface area contributed by atoms with Crippen molar-refractivity contribution in [3.05, 3.63) is 0 Å². The van der Waals surface area contributed by atoms with Crippen molar-refractivity contribution in [1.29, 1.82) is 0 Å². The van der Waals surface area contributed by atoms with Crippen molar-refractivity contribution in [2.75, 3.05) is 0 Å². The Balaban J connectivity index is 0.000000336. The van der Waals surface area contributed by atoms with Crippen molar-refractivity contribution < 1.29 is 4.79 Å². The van der Waals surface area contributed by atoms with Gasteiger partial charge in [0.1, 0.15) is 5.78 Å². The Morgan fingerprint density at radius 1 is 1.08 bits per heavy atom. The number of ketones is 1. The number of carbonyl (C=O) groups is 1. The van der Waals surface area contributed by atoms with Crippen molar-refractivity contribution in [3.63, 3.8) is 0 Å². The highest BCUT2D eigenvalue weighted by atomic mass is 16.1. The molecule has 0 N–H and O–H groups in total. The molecule has 2 fully saturated rings. The third-order valence-electron chi connectivity index (χ3n) is 3.08. The van der Waals surface area contributed by atoms with Crippen molar-refractivity contribution in [2.45, 2.75) is 52.4 Å². The van der Waals surface area contributed by atoms with Gasteiger partial charge < -0.3 is 0 Å². The van der Waals surface area contributed by atoms with Crippen LogP contribution in [-0.2, 0) is 4.79 Å². The molecule has 0 amide bonds. The third-order valence-corrected chi connectivity index (χ3v) is 3.08. The summed E-state index contributed by atoms with van der Waals surface area (Å²) >= 11 is 0. The molecule has 0 aromatic rings. The summed E-state index contributed by atoms with van der Waals surface area (Å²) in [5.74, 6) is 1.85. The molecule has 12 heavy (non-hydrogen) atoms. The topological polar surface area (TPSA) is 17.1 Å². The lowest BCUT2D eigenvalue weighted by Gasteiger charge is -2.22. The van der Waals surface area contributed by atoms with Crippen LogP contribution in [0.5, 0.6) is 0 Å². The predicted molar refractivity (Wildman–Crippen MR) is 51.0 cm³/mol. The van der Waals surface area contributed by atoms with E-state index >= 15 is 0 Å². The highest BCUT2D eigenvalue weighted by Gasteiger charge is 2.35. The second-order valence-electron chi connectivity index (χ2n) is 3.66. The standard InChI is InChI=1S/C9H14O.C2H6/c10-9-6-5-7-3-1-2-4-8(7)9;1-2/h7-8H,1-6H2;1-2H3. The van der Waals surface area contributed by atoms with E-state index in [4.69, 9.17) is 0 Å². The van der Waals surface area contributed by atoms with Gasteiger partial charge in [-0.25, -0.2) is 0 Å². The van der Waals surface area contributed by atoms with Crippen molar-refractivity contribution in [3.8, 4) is 0 Å². The van der Waals surface area contributed by atoms with Gasteiger partial charge in [0, 0.05) is 12.3 Å². The monoisotopic (exact) mass is 168 g/mol. The zero-order valence-corrected chi connectivity index (χ0v) is 8.31. The molecule has 0 spiro atoms. The molecule has 0 aliphatic heterocycles. The molecule has 2 saturated carbocycles. The van der Waals surface area contributed by atoms with Gasteiger partial charge in [0.25, 0.3) is 0 Å². The Morgan fingerprint density at radius 3 is 2.42 bits per heavy atom. The number of carbonyl (C=O) groups excluding carboxylic acids is 1. The number of hydrogen-bond donors (Lipinski definition) is 0. The normalized spacial score (nSPS) is 33.7. The average molecular weight is 168 g/mol. The Hall–Kier alpha value is -0.330. The van der Waals surface area contributed by atoms with Gasteiger partial charge in [0.05, 0.1) is 0 Å². The molecule has 2 rings (SSSR count). The second-order valence-corrected chi connectivity index (χ2v) is 3.66. The zero-order chi connectivity index (χ0) is 8.97. The van der Waals surface area contributed by atoms with Crippen molar-refractivity contribution in [1.82, 2.24) is 0 Å². The van der Waals surface area contributed by atoms with Crippen molar-refractivity contribution in [2.24, 2.45) is 11.8 Å². The summed E-state index contributed by atoms with van der Waals surface area (Å²) < 4.78 is 0. The molecule has 2 unspecified atom stereocenters. The van der Waals surface area contributed by atoms with E-state index in [2.05, 4.69) is 0 Å². The molecule has 0 heterocycles. The molecule has 2 aliphatic carbocycles. The van der Waals surface area contributed by atoms with Gasteiger partial charge in [0.15, 0.2) is 0 Å². The lowest BCUT2D eigenvalue weighted by atomic mass is 9.81. The molecular formula is C11H20O. The van der Waals surface area contributed by atoms with Crippen LogP contribution in [0.2, 0.25) is 0 Å². The predicted octanol–water partition coefficient (Wildman–Crippen LogP) is 3.18. The summed E-state index contributed by atoms with van der Waals surface area (Å²) in [7, 11) is 0. The molecule has 0 aromatic carbocycles. The minimum Gasteiger partial charge on any atom is -0.299 e. The van der Waals surface area contributed by atoms with E-state index in [1.165, 1.54) is 32.1 Å². The largest absolute Gasteiger partial charge is 0.299 e. The van der Waals surface area contributed by atoms with E-state index in [9.17, 15) is 4.79 Å². The van der Waals surface area contributed by atoms with E-state index in [0.29, 0.717) is 11.7 Å². The number of fused-ring (bicyclic) bond motifs is 1. The van der Waals surface area contributed by atoms with Gasteiger partial charge in [-0.05, 0) is 25.2 Å². The maximum Gasteiger partial charge on any atom is 0.136 e. The Bertz CT molecular complexity index is 151. The van der Waals surface area contributed by atoms with E-state index in [0.717, 1.165) is 12.3 Å². The number of rotatable bonds is 0. The molecule has 0 aromatic heterocycles. The first-order valence-electron chi connectivity index (χ1n) is 5.40. The summed E-state index contributed by atoms with van der Waals surface area (Å²) in [4.78, 5) is 11.2. The minimum atomic E-state index is 0.494. The fourth-order valence-corrected chi connectivity index (χ4v) is 2.49. The Labute approximate surface area is 75.5 Å². The summed E-state index contributed by atoms with van der Waals surface area (Å²) in [5, 5.41) is 0. The van der Waals surface area contributed by atoms with E-state index in [-0.39, 0.29) is 0 Å². The van der Waals surface area contributed by atoms with Crippen LogP contribution >= 0.6 is 0 Å². The van der Waals surface area contributed by atoms with Crippen LogP contribution in [0, 0.1) is 11.8 Å².